The fourth-order valence-corrected chi connectivity index (χ4v) is 3.47. The fourth-order valence-electron chi connectivity index (χ4n) is 2.37. The minimum absolute atomic E-state index is 0.703. The van der Waals surface area contributed by atoms with Crippen LogP contribution in [-0.4, -0.2) is 22.9 Å². The lowest BCUT2D eigenvalue weighted by Crippen LogP contribution is -1.98. The van der Waals surface area contributed by atoms with Crippen LogP contribution in [0, 0.1) is 13.8 Å². The third-order valence-electron chi connectivity index (χ3n) is 3.38. The summed E-state index contributed by atoms with van der Waals surface area (Å²) in [6.45, 7) is 3.91. The van der Waals surface area contributed by atoms with E-state index >= 15 is 0 Å². The Labute approximate surface area is 120 Å². The highest BCUT2D eigenvalue weighted by molar-refractivity contribution is 7.20. The molecule has 0 aliphatic carbocycles. The first-order chi connectivity index (χ1) is 9.65. The first-order valence-electron chi connectivity index (χ1n) is 6.23. The number of aromatic nitrogens is 2. The van der Waals surface area contributed by atoms with Crippen LogP contribution in [0.15, 0.2) is 24.3 Å². The monoisotopic (exact) mass is 286 g/mol. The molecule has 0 saturated carbocycles. The zero-order valence-electron chi connectivity index (χ0n) is 11.5. The smallest absolute Gasteiger partial charge is 0.195 e. The Hall–Kier alpha value is -2.14. The van der Waals surface area contributed by atoms with Crippen LogP contribution in [0.2, 0.25) is 0 Å². The van der Waals surface area contributed by atoms with Crippen molar-refractivity contribution in [3.05, 3.63) is 41.2 Å². The molecule has 2 heterocycles. The molecule has 5 heteroatoms. The lowest BCUT2D eigenvalue weighted by Gasteiger charge is -2.04. The van der Waals surface area contributed by atoms with Gasteiger partial charge in [-0.2, -0.15) is 0 Å². The summed E-state index contributed by atoms with van der Waals surface area (Å²) in [7, 11) is 1.64. The quantitative estimate of drug-likeness (QED) is 0.692. The molecular weight excluding hydrogens is 272 g/mol. The van der Waals surface area contributed by atoms with Crippen molar-refractivity contribution in [2.75, 3.05) is 7.11 Å². The van der Waals surface area contributed by atoms with E-state index in [1.165, 1.54) is 0 Å². The molecule has 0 aliphatic rings. The van der Waals surface area contributed by atoms with E-state index in [0.717, 1.165) is 38.8 Å². The maximum absolute atomic E-state index is 11.0. The first-order valence-corrected chi connectivity index (χ1v) is 7.05. The Bertz CT molecular complexity index is 802. The molecule has 0 bridgehead atoms. The molecule has 0 amide bonds. The Morgan fingerprint density at radius 1 is 1.35 bits per heavy atom. The SMILES string of the molecule is COc1cccc2sc(-n3c(C)cc(C=O)c3C)nc12. The number of benzene rings is 1. The Kier molecular flexibility index (Phi) is 3.06. The van der Waals surface area contributed by atoms with Gasteiger partial charge >= 0.3 is 0 Å². The van der Waals surface area contributed by atoms with Crippen molar-refractivity contribution in [2.24, 2.45) is 0 Å². The number of para-hydroxylation sites is 1. The van der Waals surface area contributed by atoms with Gasteiger partial charge in [-0.25, -0.2) is 4.98 Å². The van der Waals surface area contributed by atoms with Crippen LogP contribution >= 0.6 is 11.3 Å². The molecule has 20 heavy (non-hydrogen) atoms. The van der Waals surface area contributed by atoms with E-state index in [1.807, 2.05) is 42.7 Å². The fraction of sp³-hybridized carbons (Fsp3) is 0.200. The van der Waals surface area contributed by atoms with Crippen LogP contribution < -0.4 is 4.74 Å². The molecule has 0 N–H and O–H groups in total. The van der Waals surface area contributed by atoms with Gasteiger partial charge in [0.25, 0.3) is 0 Å². The molecule has 0 aliphatic heterocycles. The van der Waals surface area contributed by atoms with Gasteiger partial charge in [-0.15, -0.1) is 0 Å². The highest BCUT2D eigenvalue weighted by Crippen LogP contribution is 2.33. The van der Waals surface area contributed by atoms with E-state index in [4.69, 9.17) is 4.74 Å². The summed E-state index contributed by atoms with van der Waals surface area (Å²) in [4.78, 5) is 15.7. The number of nitrogens with zero attached hydrogens (tertiary/aromatic N) is 2. The van der Waals surface area contributed by atoms with Crippen LogP contribution in [0.1, 0.15) is 21.7 Å². The van der Waals surface area contributed by atoms with Crippen LogP contribution in [0.5, 0.6) is 5.75 Å². The van der Waals surface area contributed by atoms with Gasteiger partial charge in [0.2, 0.25) is 0 Å². The summed E-state index contributed by atoms with van der Waals surface area (Å²) in [5.41, 5.74) is 3.47. The number of methoxy groups -OCH3 is 1. The zero-order valence-corrected chi connectivity index (χ0v) is 12.3. The molecule has 3 aromatic rings. The molecule has 0 fully saturated rings. The Morgan fingerprint density at radius 3 is 2.80 bits per heavy atom. The minimum atomic E-state index is 0.703. The van der Waals surface area contributed by atoms with Crippen molar-refractivity contribution in [3.8, 4) is 10.9 Å². The highest BCUT2D eigenvalue weighted by Gasteiger charge is 2.15. The molecule has 2 aromatic heterocycles. The van der Waals surface area contributed by atoms with Crippen molar-refractivity contribution in [2.45, 2.75) is 13.8 Å². The van der Waals surface area contributed by atoms with Crippen LogP contribution in [0.25, 0.3) is 15.3 Å². The second-order valence-electron chi connectivity index (χ2n) is 4.58. The number of hydrogen-bond acceptors (Lipinski definition) is 4. The van der Waals surface area contributed by atoms with Crippen molar-refractivity contribution < 1.29 is 9.53 Å². The van der Waals surface area contributed by atoms with Gasteiger partial charge in [0.1, 0.15) is 11.3 Å². The molecule has 0 spiro atoms. The minimum Gasteiger partial charge on any atom is -0.494 e. The lowest BCUT2D eigenvalue weighted by molar-refractivity contribution is 0.112. The number of aryl methyl sites for hydroxylation is 1. The van der Waals surface area contributed by atoms with Gasteiger partial charge in [-0.05, 0) is 32.0 Å². The van der Waals surface area contributed by atoms with Crippen LogP contribution in [0.4, 0.5) is 0 Å². The number of aldehydes is 1. The van der Waals surface area contributed by atoms with Crippen LogP contribution in [0.3, 0.4) is 0 Å². The zero-order chi connectivity index (χ0) is 14.3. The average Bonchev–Trinajstić information content (AvgIpc) is 2.98. The molecule has 0 unspecified atom stereocenters. The van der Waals surface area contributed by atoms with Crippen LogP contribution in [-0.2, 0) is 0 Å². The lowest BCUT2D eigenvalue weighted by atomic mass is 10.3. The van der Waals surface area contributed by atoms with Gasteiger partial charge in [0, 0.05) is 17.0 Å². The molecular formula is C15H14N2O2S. The topological polar surface area (TPSA) is 44.1 Å². The highest BCUT2D eigenvalue weighted by atomic mass is 32.1. The summed E-state index contributed by atoms with van der Waals surface area (Å²) < 4.78 is 8.42. The van der Waals surface area contributed by atoms with Crippen molar-refractivity contribution in [1.82, 2.24) is 9.55 Å². The second-order valence-corrected chi connectivity index (χ2v) is 5.59. The second kappa shape index (κ2) is 4.76. The Morgan fingerprint density at radius 2 is 2.15 bits per heavy atom. The first kappa shape index (κ1) is 12.9. The number of hydrogen-bond donors (Lipinski definition) is 0. The summed E-state index contributed by atoms with van der Waals surface area (Å²) >= 11 is 1.59. The van der Waals surface area contributed by atoms with E-state index in [-0.39, 0.29) is 0 Å². The molecule has 0 saturated heterocycles. The van der Waals surface area contributed by atoms with Gasteiger partial charge < -0.3 is 4.74 Å². The van der Waals surface area contributed by atoms with Gasteiger partial charge in [-0.3, -0.25) is 9.36 Å². The molecule has 0 radical (unpaired) electrons. The van der Waals surface area contributed by atoms with Crippen molar-refractivity contribution in [1.29, 1.82) is 0 Å². The maximum atomic E-state index is 11.0. The average molecular weight is 286 g/mol. The summed E-state index contributed by atoms with van der Waals surface area (Å²) in [6.07, 6.45) is 0.882. The standard InChI is InChI=1S/C15H14N2O2S/c1-9-7-11(8-18)10(2)17(9)15-16-14-12(19-3)5-4-6-13(14)20-15/h4-8H,1-3H3. The van der Waals surface area contributed by atoms with Gasteiger partial charge in [0.15, 0.2) is 11.4 Å². The molecule has 4 nitrogen and oxygen atoms in total. The number of rotatable bonds is 3. The van der Waals surface area contributed by atoms with Gasteiger partial charge in [-0.1, -0.05) is 17.4 Å². The normalized spacial score (nSPS) is 10.9. The molecule has 3 rings (SSSR count). The number of fused-ring (bicyclic) bond motifs is 1. The number of carbonyl (C=O) groups excluding carboxylic acids is 1. The number of carbonyl (C=O) groups is 1. The van der Waals surface area contributed by atoms with E-state index in [1.54, 1.807) is 18.4 Å². The van der Waals surface area contributed by atoms with E-state index < -0.39 is 0 Å². The maximum Gasteiger partial charge on any atom is 0.195 e. The molecule has 102 valence electrons. The third-order valence-corrected chi connectivity index (χ3v) is 4.38. The van der Waals surface area contributed by atoms with Gasteiger partial charge in [0.05, 0.1) is 11.8 Å². The summed E-state index contributed by atoms with van der Waals surface area (Å²) in [5, 5.41) is 0.854. The number of ether oxygens (including phenoxy) is 1. The van der Waals surface area contributed by atoms with E-state index in [2.05, 4.69) is 4.98 Å². The van der Waals surface area contributed by atoms with Crippen molar-refractivity contribution >= 4 is 27.8 Å². The van der Waals surface area contributed by atoms with E-state index in [9.17, 15) is 4.79 Å². The largest absolute Gasteiger partial charge is 0.494 e. The summed E-state index contributed by atoms with van der Waals surface area (Å²) in [5.74, 6) is 0.767. The predicted molar refractivity (Wildman–Crippen MR) is 80.4 cm³/mol. The number of thiazole rings is 1. The van der Waals surface area contributed by atoms with E-state index in [0.29, 0.717) is 5.56 Å². The molecule has 1 aromatic carbocycles. The summed E-state index contributed by atoms with van der Waals surface area (Å²) in [6, 6.07) is 7.76. The third kappa shape index (κ3) is 1.82. The van der Waals surface area contributed by atoms with Crippen molar-refractivity contribution in [3.63, 3.8) is 0 Å². The Balaban J connectivity index is 2.25. The predicted octanol–water partition coefficient (Wildman–Crippen LogP) is 3.52. The molecule has 0 atom stereocenters.